The lowest BCUT2D eigenvalue weighted by atomic mass is 10.3. The highest BCUT2D eigenvalue weighted by Gasteiger charge is 2.36. The Balaban J connectivity index is 1.68. The van der Waals surface area contributed by atoms with E-state index in [2.05, 4.69) is 0 Å². The molecule has 1 aliphatic heterocycles. The van der Waals surface area contributed by atoms with Crippen LogP contribution in [0, 0.1) is 16.0 Å². The molecule has 0 radical (unpaired) electrons. The molecule has 1 aliphatic carbocycles. The topological polar surface area (TPSA) is 101 Å². The van der Waals surface area contributed by atoms with Gasteiger partial charge in [0.05, 0.1) is 9.82 Å². The smallest absolute Gasteiger partial charge is 0.269 e. The number of nitro groups is 1. The van der Waals surface area contributed by atoms with Crippen LogP contribution in [0.25, 0.3) is 0 Å². The second kappa shape index (κ2) is 5.89. The summed E-state index contributed by atoms with van der Waals surface area (Å²) in [5, 5.41) is 10.6. The second-order valence-electron chi connectivity index (χ2n) is 5.75. The molecule has 2 aliphatic rings. The first-order valence-corrected chi connectivity index (χ1v) is 8.87. The van der Waals surface area contributed by atoms with E-state index in [1.165, 1.54) is 28.6 Å². The number of carbonyl (C=O) groups excluding carboxylic acids is 1. The van der Waals surface area contributed by atoms with Gasteiger partial charge in [-0.15, -0.1) is 0 Å². The van der Waals surface area contributed by atoms with Crippen molar-refractivity contribution in [1.29, 1.82) is 0 Å². The Morgan fingerprint density at radius 1 is 1.09 bits per heavy atom. The fourth-order valence-electron chi connectivity index (χ4n) is 2.63. The van der Waals surface area contributed by atoms with Crippen LogP contribution in [0.3, 0.4) is 0 Å². The highest BCUT2D eigenvalue weighted by Crippen LogP contribution is 2.31. The van der Waals surface area contributed by atoms with Crippen molar-refractivity contribution < 1.29 is 18.1 Å². The van der Waals surface area contributed by atoms with E-state index in [1.807, 2.05) is 0 Å². The van der Waals surface area contributed by atoms with Crippen LogP contribution in [0.1, 0.15) is 12.8 Å². The van der Waals surface area contributed by atoms with Crippen molar-refractivity contribution >= 4 is 21.6 Å². The fourth-order valence-corrected chi connectivity index (χ4v) is 4.05. The minimum atomic E-state index is -3.69. The van der Waals surface area contributed by atoms with Crippen LogP contribution in [0.2, 0.25) is 0 Å². The SMILES string of the molecule is O=C(C1CC1)N1CCN(S(=O)(=O)c2ccc([N+](=O)[O-])cc2)CC1. The number of hydrogen-bond acceptors (Lipinski definition) is 5. The van der Waals surface area contributed by atoms with Gasteiger partial charge in [-0.1, -0.05) is 0 Å². The molecule has 124 valence electrons. The number of piperazine rings is 1. The van der Waals surface area contributed by atoms with Gasteiger partial charge < -0.3 is 4.90 Å². The van der Waals surface area contributed by atoms with Gasteiger partial charge in [0.1, 0.15) is 0 Å². The molecule has 0 atom stereocenters. The zero-order valence-electron chi connectivity index (χ0n) is 12.4. The van der Waals surface area contributed by atoms with E-state index >= 15 is 0 Å². The molecule has 0 bridgehead atoms. The lowest BCUT2D eigenvalue weighted by Gasteiger charge is -2.34. The number of nitro benzene ring substituents is 1. The number of benzene rings is 1. The van der Waals surface area contributed by atoms with E-state index in [4.69, 9.17) is 0 Å². The molecule has 1 aromatic carbocycles. The molecule has 23 heavy (non-hydrogen) atoms. The number of rotatable bonds is 4. The van der Waals surface area contributed by atoms with E-state index in [9.17, 15) is 23.3 Å². The fraction of sp³-hybridized carbons (Fsp3) is 0.500. The predicted octanol–water partition coefficient (Wildman–Crippen LogP) is 0.838. The second-order valence-corrected chi connectivity index (χ2v) is 7.69. The molecule has 3 rings (SSSR count). The third kappa shape index (κ3) is 3.20. The lowest BCUT2D eigenvalue weighted by molar-refractivity contribution is -0.384. The maximum Gasteiger partial charge on any atom is 0.269 e. The average molecular weight is 339 g/mol. The van der Waals surface area contributed by atoms with Crippen molar-refractivity contribution in [2.45, 2.75) is 17.7 Å². The number of sulfonamides is 1. The van der Waals surface area contributed by atoms with Gasteiger partial charge in [-0.2, -0.15) is 4.31 Å². The summed E-state index contributed by atoms with van der Waals surface area (Å²) >= 11 is 0. The summed E-state index contributed by atoms with van der Waals surface area (Å²) in [5.74, 6) is 0.255. The van der Waals surface area contributed by atoms with Crippen LogP contribution in [0.5, 0.6) is 0 Å². The first-order chi connectivity index (χ1) is 10.9. The summed E-state index contributed by atoms with van der Waals surface area (Å²) in [6.07, 6.45) is 1.86. The number of carbonyl (C=O) groups is 1. The molecule has 2 fully saturated rings. The van der Waals surface area contributed by atoms with Gasteiger partial charge in [0.15, 0.2) is 0 Å². The summed E-state index contributed by atoms with van der Waals surface area (Å²) in [6, 6.07) is 4.85. The predicted molar refractivity (Wildman–Crippen MR) is 81.2 cm³/mol. The van der Waals surface area contributed by atoms with Gasteiger partial charge in [0.2, 0.25) is 15.9 Å². The van der Waals surface area contributed by atoms with Crippen LogP contribution < -0.4 is 0 Å². The zero-order valence-corrected chi connectivity index (χ0v) is 13.2. The number of nitrogens with zero attached hydrogens (tertiary/aromatic N) is 3. The quantitative estimate of drug-likeness (QED) is 0.597. The lowest BCUT2D eigenvalue weighted by Crippen LogP contribution is -2.50. The van der Waals surface area contributed by atoms with Crippen LogP contribution >= 0.6 is 0 Å². The molecule has 0 N–H and O–H groups in total. The molecule has 1 heterocycles. The molecule has 1 saturated heterocycles. The van der Waals surface area contributed by atoms with Crippen molar-refractivity contribution in [1.82, 2.24) is 9.21 Å². The summed E-state index contributed by atoms with van der Waals surface area (Å²) in [5.41, 5.74) is -0.149. The largest absolute Gasteiger partial charge is 0.340 e. The Morgan fingerprint density at radius 3 is 2.13 bits per heavy atom. The Labute approximate surface area is 133 Å². The van der Waals surface area contributed by atoms with Crippen LogP contribution in [0.4, 0.5) is 5.69 Å². The number of hydrogen-bond donors (Lipinski definition) is 0. The van der Waals surface area contributed by atoms with Crippen molar-refractivity contribution in [3.8, 4) is 0 Å². The number of non-ortho nitro benzene ring substituents is 1. The van der Waals surface area contributed by atoms with Gasteiger partial charge >= 0.3 is 0 Å². The zero-order chi connectivity index (χ0) is 16.6. The highest BCUT2D eigenvalue weighted by atomic mass is 32.2. The average Bonchev–Trinajstić information content (AvgIpc) is 3.39. The molecule has 0 spiro atoms. The van der Waals surface area contributed by atoms with Crippen molar-refractivity contribution in [2.75, 3.05) is 26.2 Å². The molecular weight excluding hydrogens is 322 g/mol. The molecular formula is C14H17N3O5S. The molecule has 8 nitrogen and oxygen atoms in total. The van der Waals surface area contributed by atoms with Gasteiger partial charge in [0, 0.05) is 44.2 Å². The molecule has 0 aromatic heterocycles. The van der Waals surface area contributed by atoms with Gasteiger partial charge in [0.25, 0.3) is 5.69 Å². The minimum absolute atomic E-state index is 0.0325. The first kappa shape index (κ1) is 15.9. The van der Waals surface area contributed by atoms with Crippen LogP contribution in [-0.2, 0) is 14.8 Å². The maximum absolute atomic E-state index is 12.5. The third-order valence-corrected chi connectivity index (χ3v) is 6.08. The van der Waals surface area contributed by atoms with Crippen molar-refractivity contribution in [3.05, 3.63) is 34.4 Å². The van der Waals surface area contributed by atoms with Crippen LogP contribution in [0.15, 0.2) is 29.2 Å². The summed E-state index contributed by atoms with van der Waals surface area (Å²) in [7, 11) is -3.69. The Hall–Kier alpha value is -2.00. The monoisotopic (exact) mass is 339 g/mol. The summed E-state index contributed by atoms with van der Waals surface area (Å²) in [4.78, 5) is 23.8. The van der Waals surface area contributed by atoms with Crippen molar-refractivity contribution in [2.24, 2.45) is 5.92 Å². The van der Waals surface area contributed by atoms with E-state index in [0.717, 1.165) is 12.8 Å². The van der Waals surface area contributed by atoms with E-state index in [-0.39, 0.29) is 35.5 Å². The van der Waals surface area contributed by atoms with Gasteiger partial charge in [-0.05, 0) is 25.0 Å². The van der Waals surface area contributed by atoms with Gasteiger partial charge in [-0.25, -0.2) is 8.42 Å². The molecule has 1 amide bonds. The van der Waals surface area contributed by atoms with E-state index < -0.39 is 14.9 Å². The minimum Gasteiger partial charge on any atom is -0.340 e. The molecule has 9 heteroatoms. The maximum atomic E-state index is 12.5. The van der Waals surface area contributed by atoms with Crippen molar-refractivity contribution in [3.63, 3.8) is 0 Å². The van der Waals surface area contributed by atoms with E-state index in [0.29, 0.717) is 13.1 Å². The van der Waals surface area contributed by atoms with E-state index in [1.54, 1.807) is 4.90 Å². The highest BCUT2D eigenvalue weighted by molar-refractivity contribution is 7.89. The Kier molecular flexibility index (Phi) is 4.07. The Bertz CT molecular complexity index is 719. The Morgan fingerprint density at radius 2 is 1.65 bits per heavy atom. The third-order valence-electron chi connectivity index (χ3n) is 4.16. The molecule has 1 aromatic rings. The normalized spacial score (nSPS) is 19.6. The molecule has 1 saturated carbocycles. The summed E-state index contributed by atoms with van der Waals surface area (Å²) < 4.78 is 26.4. The van der Waals surface area contributed by atoms with Gasteiger partial charge in [-0.3, -0.25) is 14.9 Å². The van der Waals surface area contributed by atoms with Crippen LogP contribution in [-0.4, -0.2) is 54.6 Å². The first-order valence-electron chi connectivity index (χ1n) is 7.43. The molecule has 0 unspecified atom stereocenters. The summed E-state index contributed by atoms with van der Waals surface area (Å²) in [6.45, 7) is 1.28. The standard InChI is InChI=1S/C14H17N3O5S/c18-14(11-1-2-11)15-7-9-16(10-8-15)23(21,22)13-5-3-12(4-6-13)17(19)20/h3-6,11H,1-2,7-10H2. The number of amides is 1.